The number of amides is 1. The van der Waals surface area contributed by atoms with Gasteiger partial charge in [-0.2, -0.15) is 0 Å². The molecular weight excluding hydrogens is 1000 g/mol. The number of unbranched alkanes of at least 4 members (excludes halogenated alkanes) is 27. The number of esters is 1. The van der Waals surface area contributed by atoms with Gasteiger partial charge in [-0.1, -0.05) is 271 Å². The lowest BCUT2D eigenvalue weighted by atomic mass is 10.0. The molecule has 79 heavy (non-hydrogen) atoms. The van der Waals surface area contributed by atoms with Crippen LogP contribution in [0.1, 0.15) is 252 Å². The number of likely N-dealkylation sites (N-methyl/N-ethyl adjacent to an activating group) is 1. The third-order valence-electron chi connectivity index (χ3n) is 13.5. The normalized spacial score (nSPS) is 14.5. The van der Waals surface area contributed by atoms with Crippen LogP contribution in [0.4, 0.5) is 0 Å². The van der Waals surface area contributed by atoms with E-state index in [0.29, 0.717) is 23.9 Å². The van der Waals surface area contributed by atoms with Gasteiger partial charge in [0.2, 0.25) is 5.91 Å². The van der Waals surface area contributed by atoms with Crippen molar-refractivity contribution in [1.29, 1.82) is 0 Å². The first-order chi connectivity index (χ1) is 38.4. The quantitative estimate of drug-likeness (QED) is 0.0161. The van der Waals surface area contributed by atoms with E-state index in [1.165, 1.54) is 128 Å². The van der Waals surface area contributed by atoms with Crippen molar-refractivity contribution in [1.82, 2.24) is 5.32 Å². The average Bonchev–Trinajstić information content (AvgIpc) is 3.41. The smallest absolute Gasteiger partial charge is 0.306 e. The fourth-order valence-corrected chi connectivity index (χ4v) is 9.34. The summed E-state index contributed by atoms with van der Waals surface area (Å²) in [5.74, 6) is -0.601. The van der Waals surface area contributed by atoms with Gasteiger partial charge >= 0.3 is 5.97 Å². The van der Waals surface area contributed by atoms with Gasteiger partial charge in [0.25, 0.3) is 7.82 Å². The van der Waals surface area contributed by atoms with Crippen LogP contribution in [-0.2, 0) is 27.9 Å². The van der Waals surface area contributed by atoms with E-state index in [1.807, 2.05) is 94.1 Å². The summed E-state index contributed by atoms with van der Waals surface area (Å²) in [6.45, 7) is 6.62. The van der Waals surface area contributed by atoms with Crippen molar-refractivity contribution >= 4 is 19.7 Å². The molecule has 0 fully saturated rings. The van der Waals surface area contributed by atoms with Crippen molar-refractivity contribution in [3.8, 4) is 0 Å². The first-order valence-electron chi connectivity index (χ1n) is 31.9. The molecule has 0 aromatic carbocycles. The molecule has 0 heterocycles. The summed E-state index contributed by atoms with van der Waals surface area (Å²) < 4.78 is 30.3. The van der Waals surface area contributed by atoms with Crippen LogP contribution in [0.5, 0.6) is 0 Å². The Bertz CT molecular complexity index is 1770. The molecule has 0 saturated heterocycles. The van der Waals surface area contributed by atoms with Crippen molar-refractivity contribution in [3.05, 3.63) is 122 Å². The zero-order valence-electron chi connectivity index (χ0n) is 51.5. The van der Waals surface area contributed by atoms with E-state index in [2.05, 4.69) is 74.7 Å². The molecule has 452 valence electrons. The number of carbonyl (C=O) groups is 2. The first-order valence-corrected chi connectivity index (χ1v) is 33.4. The van der Waals surface area contributed by atoms with Gasteiger partial charge in [-0.3, -0.25) is 14.2 Å². The maximum Gasteiger partial charge on any atom is 0.306 e. The van der Waals surface area contributed by atoms with E-state index >= 15 is 0 Å². The Balaban J connectivity index is 5.19. The average molecular weight is 1120 g/mol. The van der Waals surface area contributed by atoms with E-state index in [4.69, 9.17) is 13.8 Å². The molecule has 0 saturated carbocycles. The number of quaternary nitrogens is 1. The topological polar surface area (TPSA) is 114 Å². The third-order valence-corrected chi connectivity index (χ3v) is 14.5. The van der Waals surface area contributed by atoms with Gasteiger partial charge in [0, 0.05) is 12.8 Å². The van der Waals surface area contributed by atoms with Crippen molar-refractivity contribution in [3.63, 3.8) is 0 Å². The number of phosphoric acid groups is 1. The van der Waals surface area contributed by atoms with Crippen LogP contribution in [0.15, 0.2) is 122 Å². The minimum absolute atomic E-state index is 0.0366. The highest BCUT2D eigenvalue weighted by molar-refractivity contribution is 7.45. The first kappa shape index (κ1) is 75.4. The molecule has 3 atom stereocenters. The summed E-state index contributed by atoms with van der Waals surface area (Å²) in [5.41, 5.74) is 0. The van der Waals surface area contributed by atoms with E-state index in [9.17, 15) is 19.0 Å². The fraction of sp³-hybridized carbons (Fsp3) is 0.681. The van der Waals surface area contributed by atoms with Crippen LogP contribution < -0.4 is 10.2 Å². The number of phosphoric ester groups is 1. The molecular formula is C69H119N2O7P. The van der Waals surface area contributed by atoms with Crippen molar-refractivity contribution in [2.24, 2.45) is 0 Å². The van der Waals surface area contributed by atoms with Gasteiger partial charge in [0.1, 0.15) is 19.3 Å². The van der Waals surface area contributed by atoms with Gasteiger partial charge in [0.05, 0.1) is 33.8 Å². The standard InChI is InChI=1S/C69H119N2O7P/c1-7-10-13-16-19-22-25-27-29-31-32-33-34-35-36-37-38-40-41-43-46-49-52-55-58-61-68(72)70-66(65-77-79(74,75)76-64-63-71(4,5)6)67(60-57-54-51-48-45-24-21-18-15-12-9-3)78-69(73)62-59-56-53-50-47-44-42-39-30-28-26-23-20-17-14-11-8-2/h11,14,17,19-20,22-23,26-30,32-33,39,42,44,47,57,60,66-67H,7-10,12-13,15-16,18,21,24-25,31,34-38,40-41,43,45-46,48-56,58-59,61-65H2,1-6H3,(H-,70,72,74,75)/b14-11-,20-17+,22-19-,26-23+,29-27-,30-28-,33-32-,42-39+,47-44+,60-57-. The lowest BCUT2D eigenvalue weighted by Gasteiger charge is -2.30. The van der Waals surface area contributed by atoms with Crippen LogP contribution in [0.25, 0.3) is 0 Å². The Morgan fingerprint density at radius 1 is 0.468 bits per heavy atom. The molecule has 0 radical (unpaired) electrons. The molecule has 0 aromatic heterocycles. The number of carbonyl (C=O) groups excluding carboxylic acids is 2. The van der Waals surface area contributed by atoms with E-state index in [0.717, 1.165) is 83.5 Å². The lowest BCUT2D eigenvalue weighted by molar-refractivity contribution is -0.870. The highest BCUT2D eigenvalue weighted by atomic mass is 31.2. The number of nitrogens with zero attached hydrogens (tertiary/aromatic N) is 1. The molecule has 10 heteroatoms. The van der Waals surface area contributed by atoms with Crippen molar-refractivity contribution < 1.29 is 37.3 Å². The van der Waals surface area contributed by atoms with Crippen molar-refractivity contribution in [2.75, 3.05) is 40.9 Å². The maximum absolute atomic E-state index is 13.5. The minimum atomic E-state index is -4.72. The molecule has 0 aliphatic rings. The van der Waals surface area contributed by atoms with E-state index in [1.54, 1.807) is 0 Å². The maximum atomic E-state index is 13.5. The van der Waals surface area contributed by atoms with Crippen LogP contribution >= 0.6 is 7.82 Å². The van der Waals surface area contributed by atoms with Gasteiger partial charge < -0.3 is 28.5 Å². The van der Waals surface area contributed by atoms with Gasteiger partial charge in [-0.15, -0.1) is 0 Å². The fourth-order valence-electron chi connectivity index (χ4n) is 8.62. The van der Waals surface area contributed by atoms with E-state index < -0.39 is 26.6 Å². The number of hydrogen-bond donors (Lipinski definition) is 1. The highest BCUT2D eigenvalue weighted by Crippen LogP contribution is 2.38. The Kier molecular flexibility index (Phi) is 55.0. The molecule has 0 bridgehead atoms. The minimum Gasteiger partial charge on any atom is -0.756 e. The Labute approximate surface area is 486 Å². The number of nitrogens with one attached hydrogen (secondary N) is 1. The van der Waals surface area contributed by atoms with Gasteiger partial charge in [0.15, 0.2) is 0 Å². The third kappa shape index (κ3) is 58.9. The second kappa shape index (κ2) is 57.6. The number of hydrogen-bond acceptors (Lipinski definition) is 7. The predicted octanol–water partition coefficient (Wildman–Crippen LogP) is 19.3. The zero-order valence-corrected chi connectivity index (χ0v) is 52.4. The highest BCUT2D eigenvalue weighted by Gasteiger charge is 2.27. The Hall–Kier alpha value is -3.59. The molecule has 9 nitrogen and oxygen atoms in total. The van der Waals surface area contributed by atoms with Crippen LogP contribution in [-0.4, -0.2) is 69.4 Å². The lowest BCUT2D eigenvalue weighted by Crippen LogP contribution is -2.47. The molecule has 3 unspecified atom stereocenters. The number of ether oxygens (including phenoxy) is 1. The number of rotatable bonds is 56. The van der Waals surface area contributed by atoms with Crippen LogP contribution in [0.3, 0.4) is 0 Å². The summed E-state index contributed by atoms with van der Waals surface area (Å²) in [6, 6.07) is -0.916. The van der Waals surface area contributed by atoms with E-state index in [-0.39, 0.29) is 24.9 Å². The predicted molar refractivity (Wildman–Crippen MR) is 339 cm³/mol. The molecule has 0 spiro atoms. The number of allylic oxidation sites excluding steroid dienone is 19. The Morgan fingerprint density at radius 2 is 0.861 bits per heavy atom. The van der Waals surface area contributed by atoms with Crippen LogP contribution in [0, 0.1) is 0 Å². The molecule has 1 N–H and O–H groups in total. The second-order valence-corrected chi connectivity index (χ2v) is 23.7. The summed E-state index contributed by atoms with van der Waals surface area (Å²) in [5, 5.41) is 3.01. The SMILES string of the molecule is CC\C=C/C=C/C=C/C=C\C=C\C=C\CCCCCC(=O)OC(/C=C\CCCCCCCCCCC)C(COP(=O)([O-])OCC[N+](C)(C)C)NC(=O)CCCCCCCCCCCCCC/C=C\C/C=C\C/C=C\CCCCC. The largest absolute Gasteiger partial charge is 0.756 e. The molecule has 0 aromatic rings. The summed E-state index contributed by atoms with van der Waals surface area (Å²) in [4.78, 5) is 40.0. The van der Waals surface area contributed by atoms with Crippen molar-refractivity contribution in [2.45, 2.75) is 264 Å². The zero-order chi connectivity index (χ0) is 57.9. The molecule has 0 rings (SSSR count). The molecule has 0 aliphatic carbocycles. The molecule has 1 amide bonds. The Morgan fingerprint density at radius 3 is 1.37 bits per heavy atom. The molecule has 0 aliphatic heterocycles. The summed E-state index contributed by atoms with van der Waals surface area (Å²) >= 11 is 0. The summed E-state index contributed by atoms with van der Waals surface area (Å²) in [7, 11) is 1.14. The van der Waals surface area contributed by atoms with Gasteiger partial charge in [-0.05, 0) is 89.5 Å². The second-order valence-electron chi connectivity index (χ2n) is 22.3. The van der Waals surface area contributed by atoms with Crippen LogP contribution in [0.2, 0.25) is 0 Å². The monoisotopic (exact) mass is 1120 g/mol. The van der Waals surface area contributed by atoms with Gasteiger partial charge in [-0.25, -0.2) is 0 Å². The summed E-state index contributed by atoms with van der Waals surface area (Å²) in [6.07, 6.45) is 80.3.